The molecule has 0 spiro atoms. The van der Waals surface area contributed by atoms with Crippen LogP contribution in [0.25, 0.3) is 11.1 Å². The second-order valence-corrected chi connectivity index (χ2v) is 7.87. The van der Waals surface area contributed by atoms with Crippen molar-refractivity contribution in [3.8, 4) is 11.1 Å². The minimum atomic E-state index is 0.890. The summed E-state index contributed by atoms with van der Waals surface area (Å²) in [5.41, 5.74) is 13.3. The van der Waals surface area contributed by atoms with Crippen LogP contribution in [0, 0.1) is 0 Å². The van der Waals surface area contributed by atoms with Gasteiger partial charge in [-0.15, -0.1) is 0 Å². The van der Waals surface area contributed by atoms with Gasteiger partial charge in [-0.25, -0.2) is 4.98 Å². The molecular weight excluding hydrogens is 342 g/mol. The van der Waals surface area contributed by atoms with Gasteiger partial charge in [-0.3, -0.25) is 9.88 Å². The Morgan fingerprint density at radius 3 is 2.50 bits per heavy atom. The van der Waals surface area contributed by atoms with Gasteiger partial charge in [0.2, 0.25) is 0 Å². The van der Waals surface area contributed by atoms with Gasteiger partial charge in [-0.05, 0) is 51.1 Å². The van der Waals surface area contributed by atoms with Crippen LogP contribution in [0.4, 0.5) is 17.2 Å². The minimum absolute atomic E-state index is 0.890. The molecule has 3 aliphatic rings. The van der Waals surface area contributed by atoms with E-state index in [1.54, 1.807) is 0 Å². The number of rotatable bonds is 0. The molecule has 3 heteroatoms. The number of hydrogen-bond acceptors (Lipinski definition) is 3. The lowest BCUT2D eigenvalue weighted by molar-refractivity contribution is 0.935. The highest BCUT2D eigenvalue weighted by molar-refractivity contribution is 5.93. The zero-order valence-corrected chi connectivity index (χ0v) is 15.3. The number of benzene rings is 2. The highest BCUT2D eigenvalue weighted by Gasteiger charge is 2.36. The number of pyridine rings is 2. The highest BCUT2D eigenvalue weighted by Crippen LogP contribution is 2.53. The topological polar surface area (TPSA) is 29.0 Å². The van der Waals surface area contributed by atoms with E-state index in [1.807, 2.05) is 18.5 Å². The largest absolute Gasteiger partial charge is 0.292 e. The van der Waals surface area contributed by atoms with Crippen LogP contribution in [0.1, 0.15) is 33.5 Å². The van der Waals surface area contributed by atoms with Crippen LogP contribution in [-0.2, 0) is 19.3 Å². The summed E-state index contributed by atoms with van der Waals surface area (Å²) in [4.78, 5) is 12.0. The van der Waals surface area contributed by atoms with Crippen molar-refractivity contribution in [2.24, 2.45) is 0 Å². The molecule has 7 rings (SSSR count). The number of hydrogen-bond donors (Lipinski definition) is 0. The van der Waals surface area contributed by atoms with E-state index in [-0.39, 0.29) is 0 Å². The molecule has 2 aromatic heterocycles. The van der Waals surface area contributed by atoms with Crippen LogP contribution >= 0.6 is 0 Å². The minimum Gasteiger partial charge on any atom is -0.292 e. The van der Waals surface area contributed by atoms with E-state index >= 15 is 0 Å². The second kappa shape index (κ2) is 5.08. The summed E-state index contributed by atoms with van der Waals surface area (Å²) < 4.78 is 0. The van der Waals surface area contributed by atoms with Crippen LogP contribution in [0.3, 0.4) is 0 Å². The monoisotopic (exact) mass is 359 g/mol. The average molecular weight is 359 g/mol. The second-order valence-electron chi connectivity index (χ2n) is 7.87. The molecule has 0 atom stereocenters. The Morgan fingerprint density at radius 1 is 0.607 bits per heavy atom. The quantitative estimate of drug-likeness (QED) is 0.367. The third-order valence-corrected chi connectivity index (χ3v) is 6.39. The summed E-state index contributed by atoms with van der Waals surface area (Å²) in [6.45, 7) is 0. The van der Waals surface area contributed by atoms with Gasteiger partial charge in [-0.2, -0.15) is 0 Å². The van der Waals surface area contributed by atoms with Crippen LogP contribution in [-0.4, -0.2) is 9.97 Å². The molecule has 4 aromatic rings. The lowest BCUT2D eigenvalue weighted by Crippen LogP contribution is -2.27. The predicted octanol–water partition coefficient (Wildman–Crippen LogP) is 5.33. The first kappa shape index (κ1) is 14.6. The van der Waals surface area contributed by atoms with Crippen LogP contribution in [0.5, 0.6) is 0 Å². The van der Waals surface area contributed by atoms with Crippen molar-refractivity contribution in [1.82, 2.24) is 9.97 Å². The molecule has 4 heterocycles. The van der Waals surface area contributed by atoms with Gasteiger partial charge in [-0.1, -0.05) is 42.5 Å². The summed E-state index contributed by atoms with van der Waals surface area (Å²) >= 11 is 0. The van der Waals surface area contributed by atoms with Gasteiger partial charge in [0, 0.05) is 31.7 Å². The first-order valence-corrected chi connectivity index (χ1v) is 9.82. The van der Waals surface area contributed by atoms with E-state index in [4.69, 9.17) is 9.97 Å². The van der Waals surface area contributed by atoms with Crippen LogP contribution in [0.15, 0.2) is 67.0 Å². The number of aromatic nitrogens is 2. The van der Waals surface area contributed by atoms with Gasteiger partial charge in [0.1, 0.15) is 5.82 Å². The van der Waals surface area contributed by atoms with Crippen molar-refractivity contribution in [1.29, 1.82) is 0 Å². The van der Waals surface area contributed by atoms with Gasteiger partial charge in [0.05, 0.1) is 17.1 Å². The highest BCUT2D eigenvalue weighted by atomic mass is 15.2. The molecule has 3 nitrogen and oxygen atoms in total. The Morgan fingerprint density at radius 2 is 1.50 bits per heavy atom. The van der Waals surface area contributed by atoms with Crippen molar-refractivity contribution >= 4 is 17.2 Å². The third kappa shape index (κ3) is 1.74. The van der Waals surface area contributed by atoms with Crippen molar-refractivity contribution in [2.45, 2.75) is 19.3 Å². The van der Waals surface area contributed by atoms with Gasteiger partial charge in [0.15, 0.2) is 0 Å². The normalized spacial score (nSPS) is 14.6. The Bertz CT molecular complexity index is 1290. The van der Waals surface area contributed by atoms with E-state index in [0.29, 0.717) is 0 Å². The lowest BCUT2D eigenvalue weighted by Gasteiger charge is -2.38. The molecule has 28 heavy (non-hydrogen) atoms. The van der Waals surface area contributed by atoms with Crippen molar-refractivity contribution in [3.05, 3.63) is 101 Å². The molecule has 0 bridgehead atoms. The summed E-state index contributed by atoms with van der Waals surface area (Å²) in [5.74, 6) is 1.06. The van der Waals surface area contributed by atoms with E-state index in [9.17, 15) is 0 Å². The van der Waals surface area contributed by atoms with E-state index in [1.165, 1.54) is 50.3 Å². The number of fused-ring (bicyclic) bond motifs is 8. The van der Waals surface area contributed by atoms with Crippen molar-refractivity contribution in [3.63, 3.8) is 0 Å². The first-order valence-electron chi connectivity index (χ1n) is 9.82. The molecule has 0 amide bonds. The standard InChI is InChI=1S/C25H17N3/c1-2-6-19-15(4-1)13-21-20(19)8-7-16-14-22-24-17(9-11-26-22)12-18-5-3-10-27-25(18)28(24)23(16)21/h1-11H,12-14H2. The summed E-state index contributed by atoms with van der Waals surface area (Å²) in [7, 11) is 0. The summed E-state index contributed by atoms with van der Waals surface area (Å²) in [5, 5.41) is 0. The Hall–Kier alpha value is -3.46. The fraction of sp³-hybridized carbons (Fsp3) is 0.120. The van der Waals surface area contributed by atoms with E-state index < -0.39 is 0 Å². The van der Waals surface area contributed by atoms with E-state index in [0.717, 1.165) is 30.8 Å². The van der Waals surface area contributed by atoms with Gasteiger partial charge >= 0.3 is 0 Å². The number of nitrogens with zero attached hydrogens (tertiary/aromatic N) is 3. The molecule has 0 saturated carbocycles. The maximum absolute atomic E-state index is 4.82. The molecule has 0 saturated heterocycles. The van der Waals surface area contributed by atoms with Crippen LogP contribution < -0.4 is 4.90 Å². The van der Waals surface area contributed by atoms with Gasteiger partial charge in [0.25, 0.3) is 0 Å². The van der Waals surface area contributed by atoms with Crippen molar-refractivity contribution < 1.29 is 0 Å². The number of anilines is 3. The molecule has 0 radical (unpaired) electrons. The molecule has 0 fully saturated rings. The Kier molecular flexibility index (Phi) is 2.64. The molecule has 132 valence electrons. The van der Waals surface area contributed by atoms with Crippen molar-refractivity contribution in [2.75, 3.05) is 4.90 Å². The fourth-order valence-corrected chi connectivity index (χ4v) is 5.23. The third-order valence-electron chi connectivity index (χ3n) is 6.39. The summed E-state index contributed by atoms with van der Waals surface area (Å²) in [6, 6.07) is 19.8. The molecule has 2 aromatic carbocycles. The fourth-order valence-electron chi connectivity index (χ4n) is 5.23. The lowest BCUT2D eigenvalue weighted by atomic mass is 9.88. The molecule has 0 N–H and O–H groups in total. The zero-order valence-electron chi connectivity index (χ0n) is 15.3. The van der Waals surface area contributed by atoms with E-state index in [2.05, 4.69) is 53.4 Å². The maximum atomic E-state index is 4.82. The maximum Gasteiger partial charge on any atom is 0.141 e. The molecule has 0 unspecified atom stereocenters. The SMILES string of the molecule is c1ccc2c(c1)Cc1c-2ccc2c1N1c3ncccc3Cc3ccnc(c31)C2. The van der Waals surface area contributed by atoms with Gasteiger partial charge < -0.3 is 0 Å². The van der Waals surface area contributed by atoms with Crippen LogP contribution in [0.2, 0.25) is 0 Å². The first-order chi connectivity index (χ1) is 13.9. The smallest absolute Gasteiger partial charge is 0.141 e. The zero-order chi connectivity index (χ0) is 18.2. The molecule has 2 aliphatic heterocycles. The summed E-state index contributed by atoms with van der Waals surface area (Å²) in [6.07, 6.45) is 6.67. The average Bonchev–Trinajstić information content (AvgIpc) is 3.12. The Labute approximate surface area is 163 Å². The predicted molar refractivity (Wildman–Crippen MR) is 111 cm³/mol. The molecule has 1 aliphatic carbocycles. The Balaban J connectivity index is 1.56. The molecular formula is C25H17N3.